The Morgan fingerprint density at radius 3 is 2.44 bits per heavy atom. The Morgan fingerprint density at radius 1 is 1.28 bits per heavy atom. The number of carbonyl (C=O) groups excluding carboxylic acids is 1. The summed E-state index contributed by atoms with van der Waals surface area (Å²) in [6, 6.07) is 0. The maximum atomic E-state index is 11.8. The van der Waals surface area contributed by atoms with Crippen molar-refractivity contribution in [1.29, 1.82) is 0 Å². The molecule has 2 aromatic rings. The van der Waals surface area contributed by atoms with Crippen molar-refractivity contribution in [2.45, 2.75) is 6.92 Å². The van der Waals surface area contributed by atoms with Crippen molar-refractivity contribution in [3.05, 3.63) is 23.8 Å². The van der Waals surface area contributed by atoms with E-state index in [-0.39, 0.29) is 5.69 Å². The molecule has 0 bridgehead atoms. The van der Waals surface area contributed by atoms with Crippen LogP contribution in [0.3, 0.4) is 0 Å². The zero-order chi connectivity index (χ0) is 13.1. The fourth-order valence-electron chi connectivity index (χ4n) is 1.24. The summed E-state index contributed by atoms with van der Waals surface area (Å²) in [5.74, 6) is 0.155. The molecule has 94 valence electrons. The molecule has 0 aromatic carbocycles. The molecule has 2 aromatic heterocycles. The summed E-state index contributed by atoms with van der Waals surface area (Å²) < 4.78 is 4.46. The van der Waals surface area contributed by atoms with Gasteiger partial charge in [0.05, 0.1) is 18.1 Å². The van der Waals surface area contributed by atoms with Gasteiger partial charge in [-0.25, -0.2) is 14.6 Å². The van der Waals surface area contributed by atoms with Crippen LogP contribution >= 0.6 is 0 Å². The highest BCUT2D eigenvalue weighted by atomic mass is 16.6. The fraction of sp³-hybridized carbons (Fsp3) is 0.300. The van der Waals surface area contributed by atoms with Gasteiger partial charge in [0, 0.05) is 14.1 Å². The van der Waals surface area contributed by atoms with Crippen molar-refractivity contribution in [1.82, 2.24) is 20.3 Å². The summed E-state index contributed by atoms with van der Waals surface area (Å²) >= 11 is 0. The van der Waals surface area contributed by atoms with Crippen molar-refractivity contribution in [3.8, 4) is 0 Å². The highest BCUT2D eigenvalue weighted by molar-refractivity contribution is 6.03. The van der Waals surface area contributed by atoms with Crippen LogP contribution in [0.1, 0.15) is 16.2 Å². The number of hydrogen-bond donors (Lipinski definition) is 1. The van der Waals surface area contributed by atoms with Gasteiger partial charge in [-0.15, -0.1) is 0 Å². The lowest BCUT2D eigenvalue weighted by atomic mass is 10.3. The third-order valence-corrected chi connectivity index (χ3v) is 2.16. The molecule has 8 nitrogen and oxygen atoms in total. The molecule has 2 heterocycles. The lowest BCUT2D eigenvalue weighted by molar-refractivity contribution is 0.101. The lowest BCUT2D eigenvalue weighted by Gasteiger charge is -2.09. The fourth-order valence-corrected chi connectivity index (χ4v) is 1.24. The molecule has 0 unspecified atom stereocenters. The highest BCUT2D eigenvalue weighted by Crippen LogP contribution is 2.10. The second kappa shape index (κ2) is 4.78. The normalized spacial score (nSPS) is 10.2. The zero-order valence-electron chi connectivity index (χ0n) is 10.2. The summed E-state index contributed by atoms with van der Waals surface area (Å²) in [6.07, 6.45) is 3.03. The number of anilines is 2. The van der Waals surface area contributed by atoms with Gasteiger partial charge in [-0.1, -0.05) is 5.16 Å². The SMILES string of the molecule is Cc1nonc1C(=O)Nc1cnc(N(C)C)nc1. The minimum Gasteiger partial charge on any atom is -0.347 e. The average molecular weight is 248 g/mol. The molecule has 1 amide bonds. The van der Waals surface area contributed by atoms with E-state index in [0.717, 1.165) is 0 Å². The number of rotatable bonds is 3. The molecule has 0 atom stereocenters. The summed E-state index contributed by atoms with van der Waals surface area (Å²) in [5, 5.41) is 9.65. The summed E-state index contributed by atoms with van der Waals surface area (Å²) in [4.78, 5) is 21.7. The first kappa shape index (κ1) is 12.0. The molecule has 0 spiro atoms. The number of hydrogen-bond acceptors (Lipinski definition) is 7. The average Bonchev–Trinajstić information content (AvgIpc) is 2.76. The molecule has 0 saturated carbocycles. The van der Waals surface area contributed by atoms with E-state index in [1.165, 1.54) is 12.4 Å². The molecule has 0 aliphatic rings. The van der Waals surface area contributed by atoms with E-state index < -0.39 is 5.91 Å². The van der Waals surface area contributed by atoms with Crippen molar-refractivity contribution in [2.24, 2.45) is 0 Å². The Morgan fingerprint density at radius 2 is 1.94 bits per heavy atom. The molecule has 0 aliphatic carbocycles. The van der Waals surface area contributed by atoms with Gasteiger partial charge in [-0.05, 0) is 12.1 Å². The van der Waals surface area contributed by atoms with Crippen molar-refractivity contribution in [3.63, 3.8) is 0 Å². The van der Waals surface area contributed by atoms with E-state index in [1.807, 2.05) is 14.1 Å². The number of aromatic nitrogens is 4. The molecule has 18 heavy (non-hydrogen) atoms. The Balaban J connectivity index is 2.10. The van der Waals surface area contributed by atoms with E-state index in [4.69, 9.17) is 0 Å². The first-order chi connectivity index (χ1) is 8.58. The van der Waals surface area contributed by atoms with Crippen LogP contribution in [0.2, 0.25) is 0 Å². The van der Waals surface area contributed by atoms with Gasteiger partial charge in [0.2, 0.25) is 5.95 Å². The van der Waals surface area contributed by atoms with E-state index >= 15 is 0 Å². The predicted molar refractivity (Wildman–Crippen MR) is 63.3 cm³/mol. The van der Waals surface area contributed by atoms with Crippen molar-refractivity contribution >= 4 is 17.5 Å². The molecular formula is C10H12N6O2. The molecular weight excluding hydrogens is 236 g/mol. The van der Waals surface area contributed by atoms with E-state index in [0.29, 0.717) is 17.3 Å². The Labute approximate surface area is 103 Å². The molecule has 0 saturated heterocycles. The molecule has 0 fully saturated rings. The van der Waals surface area contributed by atoms with E-state index in [9.17, 15) is 4.79 Å². The maximum Gasteiger partial charge on any atom is 0.279 e. The monoisotopic (exact) mass is 248 g/mol. The molecule has 1 N–H and O–H groups in total. The van der Waals surface area contributed by atoms with Crippen LogP contribution in [0.4, 0.5) is 11.6 Å². The number of nitrogens with one attached hydrogen (secondary N) is 1. The molecule has 2 rings (SSSR count). The topological polar surface area (TPSA) is 97.0 Å². The molecule has 8 heteroatoms. The van der Waals surface area contributed by atoms with Gasteiger partial charge in [0.25, 0.3) is 5.91 Å². The maximum absolute atomic E-state index is 11.8. The first-order valence-corrected chi connectivity index (χ1v) is 5.18. The van der Waals surface area contributed by atoms with Crippen LogP contribution in [-0.4, -0.2) is 40.3 Å². The first-order valence-electron chi connectivity index (χ1n) is 5.18. The second-order valence-electron chi connectivity index (χ2n) is 3.82. The van der Waals surface area contributed by atoms with Gasteiger partial charge in [-0.2, -0.15) is 0 Å². The van der Waals surface area contributed by atoms with E-state index in [2.05, 4.69) is 30.2 Å². The predicted octanol–water partition coefficient (Wildman–Crippen LogP) is 0.486. The number of aryl methyl sites for hydroxylation is 1. The number of nitrogens with zero attached hydrogens (tertiary/aromatic N) is 5. The van der Waals surface area contributed by atoms with Gasteiger partial charge < -0.3 is 10.2 Å². The third-order valence-electron chi connectivity index (χ3n) is 2.16. The molecule has 0 aliphatic heterocycles. The third kappa shape index (κ3) is 2.42. The van der Waals surface area contributed by atoms with Gasteiger partial charge in [-0.3, -0.25) is 4.79 Å². The number of amides is 1. The van der Waals surface area contributed by atoms with Crippen LogP contribution in [-0.2, 0) is 0 Å². The quantitative estimate of drug-likeness (QED) is 0.843. The minimum atomic E-state index is -0.407. The summed E-state index contributed by atoms with van der Waals surface area (Å²) in [7, 11) is 3.66. The summed E-state index contributed by atoms with van der Waals surface area (Å²) in [5.41, 5.74) is 1.05. The lowest BCUT2D eigenvalue weighted by Crippen LogP contribution is -2.16. The van der Waals surface area contributed by atoms with Gasteiger partial charge >= 0.3 is 0 Å². The van der Waals surface area contributed by atoms with Gasteiger partial charge in [0.15, 0.2) is 5.69 Å². The highest BCUT2D eigenvalue weighted by Gasteiger charge is 2.15. The Bertz CT molecular complexity index is 548. The van der Waals surface area contributed by atoms with Crippen molar-refractivity contribution in [2.75, 3.05) is 24.3 Å². The molecule has 0 radical (unpaired) electrons. The Hall–Kier alpha value is -2.51. The Kier molecular flexibility index (Phi) is 3.18. The summed E-state index contributed by atoms with van der Waals surface area (Å²) in [6.45, 7) is 1.64. The minimum absolute atomic E-state index is 0.145. The van der Waals surface area contributed by atoms with Crippen LogP contribution in [0.25, 0.3) is 0 Å². The number of carbonyl (C=O) groups is 1. The second-order valence-corrected chi connectivity index (χ2v) is 3.82. The largest absolute Gasteiger partial charge is 0.347 e. The van der Waals surface area contributed by atoms with Crippen LogP contribution in [0, 0.1) is 6.92 Å². The van der Waals surface area contributed by atoms with Crippen LogP contribution in [0.5, 0.6) is 0 Å². The zero-order valence-corrected chi connectivity index (χ0v) is 10.2. The van der Waals surface area contributed by atoms with E-state index in [1.54, 1.807) is 11.8 Å². The van der Waals surface area contributed by atoms with Crippen LogP contribution in [0.15, 0.2) is 17.0 Å². The van der Waals surface area contributed by atoms with Crippen molar-refractivity contribution < 1.29 is 9.42 Å². The smallest absolute Gasteiger partial charge is 0.279 e. The standard InChI is InChI=1S/C10H12N6O2/c1-6-8(15-18-14-6)9(17)13-7-4-11-10(12-5-7)16(2)3/h4-5H,1-3H3,(H,13,17). The van der Waals surface area contributed by atoms with Gasteiger partial charge in [0.1, 0.15) is 5.69 Å². The van der Waals surface area contributed by atoms with Crippen LogP contribution < -0.4 is 10.2 Å².